The lowest BCUT2D eigenvalue weighted by atomic mass is 9.76. The lowest BCUT2D eigenvalue weighted by Gasteiger charge is -2.42. The summed E-state index contributed by atoms with van der Waals surface area (Å²) in [6.07, 6.45) is 5.75. The Bertz CT molecular complexity index is 1110. The summed E-state index contributed by atoms with van der Waals surface area (Å²) in [5.74, 6) is 2.25. The van der Waals surface area contributed by atoms with Crippen LogP contribution in [0.2, 0.25) is 5.02 Å². The van der Waals surface area contributed by atoms with Crippen molar-refractivity contribution in [3.8, 4) is 11.5 Å². The van der Waals surface area contributed by atoms with E-state index in [0.717, 1.165) is 31.2 Å². The summed E-state index contributed by atoms with van der Waals surface area (Å²) in [4.78, 5) is 17.6. The zero-order valence-corrected chi connectivity index (χ0v) is 20.9. The molecule has 1 aromatic carbocycles. The van der Waals surface area contributed by atoms with Gasteiger partial charge in [-0.15, -0.1) is 0 Å². The maximum Gasteiger partial charge on any atom is 0.338 e. The Morgan fingerprint density at radius 1 is 1.24 bits per heavy atom. The van der Waals surface area contributed by atoms with Crippen LogP contribution in [0.1, 0.15) is 55.7 Å². The lowest BCUT2D eigenvalue weighted by molar-refractivity contribution is -0.167. The zero-order valence-electron chi connectivity index (χ0n) is 20.2. The first-order valence-corrected chi connectivity index (χ1v) is 12.1. The van der Waals surface area contributed by atoms with Gasteiger partial charge in [0.1, 0.15) is 34.5 Å². The Morgan fingerprint density at radius 3 is 2.53 bits per heavy atom. The number of hydrogen-bond donors (Lipinski definition) is 1. The molecule has 2 aliphatic rings. The smallest absolute Gasteiger partial charge is 0.338 e. The number of halogens is 1. The van der Waals surface area contributed by atoms with Crippen molar-refractivity contribution < 1.29 is 24.1 Å². The molecule has 34 heavy (non-hydrogen) atoms. The average molecular weight is 490 g/mol. The van der Waals surface area contributed by atoms with Crippen LogP contribution in [0, 0.1) is 12.8 Å². The molecule has 1 N–H and O–H groups in total. The molecule has 1 unspecified atom stereocenters. The van der Waals surface area contributed by atoms with E-state index in [0.29, 0.717) is 47.4 Å². The minimum Gasteiger partial charge on any atom is -0.512 e. The molecule has 1 aliphatic carbocycles. The standard InChI is InChI=1S/C25H32ClN3O5/c1-15-27-23(29(2)28-15)12-18-20(30)14-25(34-24(18)31,17-7-5-6-8-17)10-9-16-11-19(26)22(33-4)13-21(16)32-3/h11,13,17,30H,5-10,12,14H2,1-4H3. The van der Waals surface area contributed by atoms with Crippen LogP contribution in [0.15, 0.2) is 23.5 Å². The Labute approximate surface area is 204 Å². The predicted molar refractivity (Wildman–Crippen MR) is 127 cm³/mol. The fraction of sp³-hybridized carbons (Fsp3) is 0.560. The Balaban J connectivity index is 1.62. The molecule has 4 rings (SSSR count). The van der Waals surface area contributed by atoms with E-state index < -0.39 is 11.6 Å². The Hall–Kier alpha value is -2.74. The maximum atomic E-state index is 13.2. The quantitative estimate of drug-likeness (QED) is 0.539. The van der Waals surface area contributed by atoms with Gasteiger partial charge in [0.2, 0.25) is 0 Å². The number of hydrogen-bond acceptors (Lipinski definition) is 7. The van der Waals surface area contributed by atoms with Gasteiger partial charge in [0.15, 0.2) is 0 Å². The highest BCUT2D eigenvalue weighted by Gasteiger charge is 2.48. The highest BCUT2D eigenvalue weighted by Crippen LogP contribution is 2.46. The third kappa shape index (κ3) is 4.73. The van der Waals surface area contributed by atoms with Crippen LogP contribution in [0.25, 0.3) is 0 Å². The third-order valence-corrected chi connectivity index (χ3v) is 7.42. The van der Waals surface area contributed by atoms with E-state index in [1.165, 1.54) is 0 Å². The number of nitrogens with zero attached hydrogens (tertiary/aromatic N) is 3. The van der Waals surface area contributed by atoms with Gasteiger partial charge in [0.25, 0.3) is 0 Å². The molecule has 1 saturated carbocycles. The third-order valence-electron chi connectivity index (χ3n) is 7.12. The molecule has 0 spiro atoms. The summed E-state index contributed by atoms with van der Waals surface area (Å²) in [5.41, 5.74) is 0.397. The first-order chi connectivity index (χ1) is 16.3. The number of ether oxygens (including phenoxy) is 3. The zero-order chi connectivity index (χ0) is 24.5. The van der Waals surface area contributed by atoms with E-state index in [-0.39, 0.29) is 23.7 Å². The highest BCUT2D eigenvalue weighted by atomic mass is 35.5. The van der Waals surface area contributed by atoms with E-state index in [2.05, 4.69) is 10.1 Å². The van der Waals surface area contributed by atoms with Crippen LogP contribution < -0.4 is 9.47 Å². The van der Waals surface area contributed by atoms with Gasteiger partial charge in [-0.3, -0.25) is 4.68 Å². The molecule has 1 atom stereocenters. The average Bonchev–Trinajstić information content (AvgIpc) is 3.45. The van der Waals surface area contributed by atoms with Crippen LogP contribution in [0.4, 0.5) is 0 Å². The van der Waals surface area contributed by atoms with Crippen LogP contribution in [-0.4, -0.2) is 45.7 Å². The fourth-order valence-corrected chi connectivity index (χ4v) is 5.58. The molecule has 0 radical (unpaired) electrons. The van der Waals surface area contributed by atoms with E-state index in [9.17, 15) is 9.90 Å². The van der Waals surface area contributed by atoms with Crippen LogP contribution in [0.5, 0.6) is 11.5 Å². The summed E-state index contributed by atoms with van der Waals surface area (Å²) in [7, 11) is 4.94. The molecule has 0 saturated heterocycles. The SMILES string of the molecule is COc1cc(OC)c(CCC2(C3CCCC3)CC(O)=C(Cc3nc(C)nn3C)C(=O)O2)cc1Cl. The minimum absolute atomic E-state index is 0.0866. The molecule has 9 heteroatoms. The number of aryl methyl sites for hydroxylation is 3. The monoisotopic (exact) mass is 489 g/mol. The molecular formula is C25H32ClN3O5. The van der Waals surface area contributed by atoms with Crippen LogP contribution in [-0.2, 0) is 29.4 Å². The molecule has 184 valence electrons. The van der Waals surface area contributed by atoms with Crippen LogP contribution in [0.3, 0.4) is 0 Å². The maximum absolute atomic E-state index is 13.2. The number of aliphatic hydroxyl groups is 1. The number of benzene rings is 1. The summed E-state index contributed by atoms with van der Waals surface area (Å²) in [5, 5.41) is 15.8. The number of aliphatic hydroxyl groups excluding tert-OH is 1. The number of carbonyl (C=O) groups is 1. The second-order valence-corrected chi connectivity index (χ2v) is 9.62. The Morgan fingerprint density at radius 2 is 1.94 bits per heavy atom. The number of cyclic esters (lactones) is 1. The van der Waals surface area contributed by atoms with Gasteiger partial charge in [-0.1, -0.05) is 24.4 Å². The highest BCUT2D eigenvalue weighted by molar-refractivity contribution is 6.32. The number of rotatable bonds is 8. The Kier molecular flexibility index (Phi) is 7.07. The molecule has 1 aliphatic heterocycles. The van der Waals surface area contributed by atoms with Gasteiger partial charge >= 0.3 is 5.97 Å². The molecular weight excluding hydrogens is 458 g/mol. The van der Waals surface area contributed by atoms with Gasteiger partial charge in [-0.05, 0) is 50.2 Å². The number of aromatic nitrogens is 3. The molecule has 0 bridgehead atoms. The van der Waals surface area contributed by atoms with Crippen molar-refractivity contribution >= 4 is 17.6 Å². The number of methoxy groups -OCH3 is 2. The normalized spacial score (nSPS) is 21.1. The predicted octanol–water partition coefficient (Wildman–Crippen LogP) is 4.66. The topological polar surface area (TPSA) is 95.7 Å². The summed E-state index contributed by atoms with van der Waals surface area (Å²) in [6.45, 7) is 1.79. The van der Waals surface area contributed by atoms with Gasteiger partial charge in [-0.2, -0.15) is 5.10 Å². The molecule has 1 aromatic heterocycles. The van der Waals surface area contributed by atoms with E-state index in [1.807, 2.05) is 6.07 Å². The van der Waals surface area contributed by atoms with Gasteiger partial charge < -0.3 is 19.3 Å². The molecule has 8 nitrogen and oxygen atoms in total. The molecule has 0 amide bonds. The fourth-order valence-electron chi connectivity index (χ4n) is 5.32. The first-order valence-electron chi connectivity index (χ1n) is 11.7. The van der Waals surface area contributed by atoms with Crippen molar-refractivity contribution in [2.75, 3.05) is 14.2 Å². The number of carbonyl (C=O) groups excluding carboxylic acids is 1. The molecule has 2 heterocycles. The summed E-state index contributed by atoms with van der Waals surface area (Å²) < 4.78 is 18.7. The van der Waals surface area contributed by atoms with E-state index >= 15 is 0 Å². The first kappa shape index (κ1) is 24.4. The second kappa shape index (κ2) is 9.86. The van der Waals surface area contributed by atoms with E-state index in [4.69, 9.17) is 25.8 Å². The molecule has 1 fully saturated rings. The van der Waals surface area contributed by atoms with Gasteiger partial charge in [0, 0.05) is 26.0 Å². The van der Waals surface area contributed by atoms with Gasteiger partial charge in [-0.25, -0.2) is 9.78 Å². The van der Waals surface area contributed by atoms with Crippen molar-refractivity contribution in [1.82, 2.24) is 14.8 Å². The van der Waals surface area contributed by atoms with E-state index in [1.54, 1.807) is 38.9 Å². The second-order valence-electron chi connectivity index (χ2n) is 9.21. The minimum atomic E-state index is -0.769. The van der Waals surface area contributed by atoms with Crippen molar-refractivity contribution in [2.45, 2.75) is 63.9 Å². The van der Waals surface area contributed by atoms with Crippen molar-refractivity contribution in [2.24, 2.45) is 13.0 Å². The summed E-state index contributed by atoms with van der Waals surface area (Å²) >= 11 is 6.37. The molecule has 2 aromatic rings. The van der Waals surface area contributed by atoms with Gasteiger partial charge in [0.05, 0.1) is 24.8 Å². The van der Waals surface area contributed by atoms with Crippen molar-refractivity contribution in [3.63, 3.8) is 0 Å². The van der Waals surface area contributed by atoms with Crippen LogP contribution >= 0.6 is 11.6 Å². The summed E-state index contributed by atoms with van der Waals surface area (Å²) in [6, 6.07) is 3.61. The van der Waals surface area contributed by atoms with Crippen molar-refractivity contribution in [1.29, 1.82) is 0 Å². The largest absolute Gasteiger partial charge is 0.512 e. The lowest BCUT2D eigenvalue weighted by Crippen LogP contribution is -2.46. The number of esters is 1. The van der Waals surface area contributed by atoms with Crippen molar-refractivity contribution in [3.05, 3.63) is 45.7 Å².